The molecule has 0 atom stereocenters. The Bertz CT molecular complexity index is 714. The van der Waals surface area contributed by atoms with Gasteiger partial charge in [0.1, 0.15) is 0 Å². The quantitative estimate of drug-likeness (QED) is 0.420. The minimum absolute atomic E-state index is 0.136. The number of amides is 2. The summed E-state index contributed by atoms with van der Waals surface area (Å²) >= 11 is 0. The van der Waals surface area contributed by atoms with E-state index >= 15 is 0 Å². The molecule has 2 aromatic rings. The lowest BCUT2D eigenvalue weighted by Gasteiger charge is -2.07. The molecule has 2 rings (SSSR count). The van der Waals surface area contributed by atoms with Crippen molar-refractivity contribution < 1.29 is 14.5 Å². The summed E-state index contributed by atoms with van der Waals surface area (Å²) in [4.78, 5) is 37.6. The average molecular weight is 331 g/mol. The summed E-state index contributed by atoms with van der Waals surface area (Å²) in [6.07, 6.45) is 5.95. The number of hydrogen-bond acceptors (Lipinski definition) is 5. The molecule has 126 valence electrons. The zero-order valence-electron chi connectivity index (χ0n) is 12.8. The van der Waals surface area contributed by atoms with Crippen molar-refractivity contribution >= 4 is 17.5 Å². The highest BCUT2D eigenvalue weighted by Crippen LogP contribution is 2.12. The van der Waals surface area contributed by atoms with E-state index in [2.05, 4.69) is 15.6 Å². The standard InChI is InChI=1S/C15H17N5O4/c21-14(17-5-2-7-19-8-6-16-11-19)10-18-15(22)12-3-1-4-13(9-12)20(23)24/h1,3-4,6,8-9,11H,2,5,7,10H2,(H,17,21)(H,18,22). The lowest BCUT2D eigenvalue weighted by atomic mass is 10.2. The van der Waals surface area contributed by atoms with Gasteiger partial charge in [0.2, 0.25) is 5.91 Å². The molecule has 0 aliphatic heterocycles. The Morgan fingerprint density at radius 2 is 2.12 bits per heavy atom. The number of carbonyl (C=O) groups excluding carboxylic acids is 2. The normalized spacial score (nSPS) is 10.2. The fourth-order valence-corrected chi connectivity index (χ4v) is 1.99. The summed E-state index contributed by atoms with van der Waals surface area (Å²) in [6, 6.07) is 5.33. The predicted molar refractivity (Wildman–Crippen MR) is 85.3 cm³/mol. The van der Waals surface area contributed by atoms with Crippen LogP contribution in [0.15, 0.2) is 43.0 Å². The second kappa shape index (κ2) is 8.42. The van der Waals surface area contributed by atoms with Crippen LogP contribution in [0.2, 0.25) is 0 Å². The smallest absolute Gasteiger partial charge is 0.270 e. The molecule has 0 saturated carbocycles. The molecular weight excluding hydrogens is 314 g/mol. The number of aromatic nitrogens is 2. The van der Waals surface area contributed by atoms with Gasteiger partial charge in [-0.05, 0) is 12.5 Å². The minimum atomic E-state index is -0.580. The second-order valence-electron chi connectivity index (χ2n) is 4.99. The third-order valence-corrected chi connectivity index (χ3v) is 3.20. The molecule has 1 heterocycles. The number of imidazole rings is 1. The fourth-order valence-electron chi connectivity index (χ4n) is 1.99. The van der Waals surface area contributed by atoms with Gasteiger partial charge in [-0.25, -0.2) is 4.98 Å². The summed E-state index contributed by atoms with van der Waals surface area (Å²) < 4.78 is 1.90. The van der Waals surface area contributed by atoms with Crippen molar-refractivity contribution in [2.75, 3.05) is 13.1 Å². The Labute approximate surface area is 137 Å². The van der Waals surface area contributed by atoms with E-state index in [0.29, 0.717) is 6.54 Å². The van der Waals surface area contributed by atoms with Crippen LogP contribution in [0.3, 0.4) is 0 Å². The molecule has 24 heavy (non-hydrogen) atoms. The first-order valence-corrected chi connectivity index (χ1v) is 7.31. The number of nitrogens with zero attached hydrogens (tertiary/aromatic N) is 3. The van der Waals surface area contributed by atoms with Gasteiger partial charge >= 0.3 is 0 Å². The molecule has 0 saturated heterocycles. The molecular formula is C15H17N5O4. The first-order chi connectivity index (χ1) is 11.6. The van der Waals surface area contributed by atoms with Crippen molar-refractivity contribution in [1.29, 1.82) is 0 Å². The number of non-ortho nitro benzene ring substituents is 1. The molecule has 1 aromatic carbocycles. The number of hydrogen-bond donors (Lipinski definition) is 2. The number of nitro benzene ring substituents is 1. The Kier molecular flexibility index (Phi) is 6.01. The van der Waals surface area contributed by atoms with Crippen molar-refractivity contribution in [1.82, 2.24) is 20.2 Å². The third kappa shape index (κ3) is 5.20. The number of benzene rings is 1. The molecule has 0 unspecified atom stereocenters. The highest BCUT2D eigenvalue weighted by atomic mass is 16.6. The van der Waals surface area contributed by atoms with Gasteiger partial charge in [-0.15, -0.1) is 0 Å². The molecule has 0 aliphatic rings. The Hall–Kier alpha value is -3.23. The number of nitro groups is 1. The van der Waals surface area contributed by atoms with Gasteiger partial charge in [-0.1, -0.05) is 6.07 Å². The van der Waals surface area contributed by atoms with Gasteiger partial charge in [-0.2, -0.15) is 0 Å². The Balaban J connectivity index is 1.70. The van der Waals surface area contributed by atoms with Crippen LogP contribution in [0.1, 0.15) is 16.8 Å². The highest BCUT2D eigenvalue weighted by molar-refractivity contribution is 5.96. The van der Waals surface area contributed by atoms with E-state index in [-0.39, 0.29) is 23.7 Å². The number of carbonyl (C=O) groups is 2. The van der Waals surface area contributed by atoms with Gasteiger partial charge in [0.25, 0.3) is 11.6 Å². The third-order valence-electron chi connectivity index (χ3n) is 3.20. The monoisotopic (exact) mass is 331 g/mol. The summed E-state index contributed by atoms with van der Waals surface area (Å²) in [7, 11) is 0. The Morgan fingerprint density at radius 1 is 1.29 bits per heavy atom. The van der Waals surface area contributed by atoms with Gasteiger partial charge in [0, 0.05) is 43.2 Å². The maximum absolute atomic E-state index is 11.9. The van der Waals surface area contributed by atoms with Crippen LogP contribution in [-0.4, -0.2) is 39.4 Å². The van der Waals surface area contributed by atoms with Crippen molar-refractivity contribution in [2.24, 2.45) is 0 Å². The van der Waals surface area contributed by atoms with E-state index in [1.807, 2.05) is 10.8 Å². The average Bonchev–Trinajstić information content (AvgIpc) is 3.10. The van der Waals surface area contributed by atoms with Crippen LogP contribution in [0.25, 0.3) is 0 Å². The summed E-state index contributed by atoms with van der Waals surface area (Å²) in [5.74, 6) is -0.855. The largest absolute Gasteiger partial charge is 0.355 e. The van der Waals surface area contributed by atoms with Crippen LogP contribution in [0, 0.1) is 10.1 Å². The maximum atomic E-state index is 11.9. The molecule has 9 nitrogen and oxygen atoms in total. The zero-order chi connectivity index (χ0) is 17.4. The number of rotatable bonds is 8. The van der Waals surface area contributed by atoms with E-state index < -0.39 is 10.8 Å². The molecule has 9 heteroatoms. The SMILES string of the molecule is O=C(CNC(=O)c1cccc([N+](=O)[O-])c1)NCCCn1ccnc1. The van der Waals surface area contributed by atoms with Crippen LogP contribution in [-0.2, 0) is 11.3 Å². The molecule has 2 amide bonds. The number of nitrogens with one attached hydrogen (secondary N) is 2. The van der Waals surface area contributed by atoms with E-state index in [1.165, 1.54) is 24.3 Å². The molecule has 0 aliphatic carbocycles. The van der Waals surface area contributed by atoms with E-state index in [4.69, 9.17) is 0 Å². The fraction of sp³-hybridized carbons (Fsp3) is 0.267. The maximum Gasteiger partial charge on any atom is 0.270 e. The van der Waals surface area contributed by atoms with Crippen molar-refractivity contribution in [3.05, 3.63) is 58.7 Å². The van der Waals surface area contributed by atoms with Gasteiger partial charge < -0.3 is 15.2 Å². The second-order valence-corrected chi connectivity index (χ2v) is 4.99. The first-order valence-electron chi connectivity index (χ1n) is 7.31. The Morgan fingerprint density at radius 3 is 2.83 bits per heavy atom. The van der Waals surface area contributed by atoms with Crippen molar-refractivity contribution in [3.63, 3.8) is 0 Å². The van der Waals surface area contributed by atoms with Crippen LogP contribution < -0.4 is 10.6 Å². The minimum Gasteiger partial charge on any atom is -0.355 e. The van der Waals surface area contributed by atoms with Gasteiger partial charge in [0.15, 0.2) is 0 Å². The highest BCUT2D eigenvalue weighted by Gasteiger charge is 2.12. The van der Waals surface area contributed by atoms with Crippen molar-refractivity contribution in [3.8, 4) is 0 Å². The van der Waals surface area contributed by atoms with E-state index in [0.717, 1.165) is 13.0 Å². The zero-order valence-corrected chi connectivity index (χ0v) is 12.8. The van der Waals surface area contributed by atoms with Gasteiger partial charge in [0.05, 0.1) is 17.8 Å². The summed E-state index contributed by atoms with van der Waals surface area (Å²) in [6.45, 7) is 1.02. The molecule has 0 fully saturated rings. The van der Waals surface area contributed by atoms with Crippen LogP contribution in [0.4, 0.5) is 5.69 Å². The van der Waals surface area contributed by atoms with Crippen LogP contribution in [0.5, 0.6) is 0 Å². The summed E-state index contributed by atoms with van der Waals surface area (Å²) in [5.41, 5.74) is -0.0382. The van der Waals surface area contributed by atoms with E-state index in [1.54, 1.807) is 12.5 Å². The molecule has 2 N–H and O–H groups in total. The predicted octanol–water partition coefficient (Wildman–Crippen LogP) is 0.728. The molecule has 1 aromatic heterocycles. The van der Waals surface area contributed by atoms with E-state index in [9.17, 15) is 19.7 Å². The lowest BCUT2D eigenvalue weighted by Crippen LogP contribution is -2.37. The molecule has 0 radical (unpaired) electrons. The summed E-state index contributed by atoms with van der Waals surface area (Å²) in [5, 5.41) is 15.8. The van der Waals surface area contributed by atoms with Crippen molar-refractivity contribution in [2.45, 2.75) is 13.0 Å². The molecule has 0 spiro atoms. The molecule has 0 bridgehead atoms. The number of aryl methyl sites for hydroxylation is 1. The topological polar surface area (TPSA) is 119 Å². The first kappa shape index (κ1) is 17.1. The van der Waals surface area contributed by atoms with Crippen LogP contribution >= 0.6 is 0 Å². The van der Waals surface area contributed by atoms with Gasteiger partial charge in [-0.3, -0.25) is 19.7 Å². The lowest BCUT2D eigenvalue weighted by molar-refractivity contribution is -0.384.